The van der Waals surface area contributed by atoms with Crippen LogP contribution in [0.5, 0.6) is 11.5 Å². The lowest BCUT2D eigenvalue weighted by atomic mass is 10.0. The molecule has 0 saturated carbocycles. The zero-order valence-electron chi connectivity index (χ0n) is 15.9. The highest BCUT2D eigenvalue weighted by Gasteiger charge is 2.38. The molecule has 7 nitrogen and oxygen atoms in total. The number of amides is 1. The normalized spacial score (nSPS) is 15.5. The van der Waals surface area contributed by atoms with E-state index >= 15 is 0 Å². The van der Waals surface area contributed by atoms with Crippen molar-refractivity contribution in [3.05, 3.63) is 59.9 Å². The van der Waals surface area contributed by atoms with E-state index in [1.165, 1.54) is 0 Å². The van der Waals surface area contributed by atoms with Crippen LogP contribution in [0.3, 0.4) is 0 Å². The van der Waals surface area contributed by atoms with E-state index in [-0.39, 0.29) is 11.9 Å². The Morgan fingerprint density at radius 1 is 1.04 bits per heavy atom. The van der Waals surface area contributed by atoms with Gasteiger partial charge in [-0.1, -0.05) is 13.0 Å². The van der Waals surface area contributed by atoms with Gasteiger partial charge in [-0.05, 0) is 42.3 Å². The second-order valence-electron chi connectivity index (χ2n) is 6.35. The van der Waals surface area contributed by atoms with Crippen molar-refractivity contribution in [1.29, 1.82) is 0 Å². The fourth-order valence-electron chi connectivity index (χ4n) is 3.55. The second kappa shape index (κ2) is 7.26. The van der Waals surface area contributed by atoms with Crippen molar-refractivity contribution in [3.63, 3.8) is 0 Å². The minimum Gasteiger partial charge on any atom is -0.493 e. The Balaban J connectivity index is 1.79. The number of pyridine rings is 1. The number of hydrogen-bond acceptors (Lipinski definition) is 6. The molecule has 1 aromatic carbocycles. The van der Waals surface area contributed by atoms with Crippen LogP contribution in [-0.2, 0) is 0 Å². The molecule has 142 valence electrons. The summed E-state index contributed by atoms with van der Waals surface area (Å²) >= 11 is 0. The summed E-state index contributed by atoms with van der Waals surface area (Å²) in [6.07, 6.45) is 4.07. The number of rotatable bonds is 5. The molecule has 3 heterocycles. The lowest BCUT2D eigenvalue weighted by Crippen LogP contribution is -2.28. The van der Waals surface area contributed by atoms with Gasteiger partial charge >= 0.3 is 0 Å². The molecule has 0 fully saturated rings. The van der Waals surface area contributed by atoms with Crippen molar-refractivity contribution in [2.24, 2.45) is 0 Å². The molecule has 3 aromatic rings. The number of hydrogen-bond donors (Lipinski definition) is 0. The van der Waals surface area contributed by atoms with E-state index in [4.69, 9.17) is 9.47 Å². The van der Waals surface area contributed by atoms with Gasteiger partial charge in [0.1, 0.15) is 11.5 Å². The maximum atomic E-state index is 13.2. The van der Waals surface area contributed by atoms with E-state index in [1.54, 1.807) is 43.6 Å². The molecular weight excluding hydrogens is 356 g/mol. The topological polar surface area (TPSA) is 77.4 Å². The summed E-state index contributed by atoms with van der Waals surface area (Å²) in [6.45, 7) is 2.04. The van der Waals surface area contributed by atoms with Crippen LogP contribution in [0.4, 0.5) is 5.82 Å². The van der Waals surface area contributed by atoms with Gasteiger partial charge in [-0.2, -0.15) is 0 Å². The summed E-state index contributed by atoms with van der Waals surface area (Å²) in [5.41, 5.74) is 2.13. The number of anilines is 1. The Hall–Kier alpha value is -3.48. The molecule has 0 aliphatic carbocycles. The average Bonchev–Trinajstić information content (AvgIpc) is 3.04. The summed E-state index contributed by atoms with van der Waals surface area (Å²) in [7, 11) is 3.15. The number of aromatic nitrogens is 3. The zero-order valence-corrected chi connectivity index (χ0v) is 15.9. The molecule has 1 atom stereocenters. The summed E-state index contributed by atoms with van der Waals surface area (Å²) in [4.78, 5) is 28.1. The molecule has 0 radical (unpaired) electrons. The molecule has 0 N–H and O–H groups in total. The minimum absolute atomic E-state index is 0.110. The van der Waals surface area contributed by atoms with Crippen LogP contribution in [0, 0.1) is 0 Å². The van der Waals surface area contributed by atoms with Gasteiger partial charge in [-0.15, -0.1) is 0 Å². The van der Waals surface area contributed by atoms with Gasteiger partial charge in [0, 0.05) is 18.0 Å². The maximum Gasteiger partial charge on any atom is 0.260 e. The molecular formula is C21H20N4O3. The van der Waals surface area contributed by atoms with Gasteiger partial charge in [-0.3, -0.25) is 9.69 Å². The highest BCUT2D eigenvalue weighted by molar-refractivity contribution is 6.11. The van der Waals surface area contributed by atoms with Crippen LogP contribution in [0.2, 0.25) is 0 Å². The molecule has 1 aliphatic heterocycles. The summed E-state index contributed by atoms with van der Waals surface area (Å²) in [6, 6.07) is 10.8. The Labute approximate surface area is 163 Å². The monoisotopic (exact) mass is 376 g/mol. The second-order valence-corrected chi connectivity index (χ2v) is 6.35. The molecule has 1 aliphatic rings. The first-order valence-electron chi connectivity index (χ1n) is 9.01. The Kier molecular flexibility index (Phi) is 4.65. The van der Waals surface area contributed by atoms with Crippen molar-refractivity contribution in [2.75, 3.05) is 19.1 Å². The highest BCUT2D eigenvalue weighted by atomic mass is 16.5. The summed E-state index contributed by atoms with van der Waals surface area (Å²) < 4.78 is 10.8. The van der Waals surface area contributed by atoms with Crippen molar-refractivity contribution in [1.82, 2.24) is 15.0 Å². The number of fused-ring (bicyclic) bond motifs is 1. The first-order valence-corrected chi connectivity index (χ1v) is 9.01. The van der Waals surface area contributed by atoms with Crippen LogP contribution in [0.25, 0.3) is 11.5 Å². The van der Waals surface area contributed by atoms with E-state index in [0.717, 1.165) is 12.0 Å². The zero-order chi connectivity index (χ0) is 19.7. The van der Waals surface area contributed by atoms with Gasteiger partial charge in [0.05, 0.1) is 20.3 Å². The third-order valence-corrected chi connectivity index (χ3v) is 4.84. The quantitative estimate of drug-likeness (QED) is 0.676. The smallest absolute Gasteiger partial charge is 0.260 e. The predicted molar refractivity (Wildman–Crippen MR) is 105 cm³/mol. The molecule has 0 spiro atoms. The van der Waals surface area contributed by atoms with Gasteiger partial charge in [0.15, 0.2) is 17.3 Å². The van der Waals surface area contributed by atoms with E-state index in [9.17, 15) is 4.79 Å². The van der Waals surface area contributed by atoms with Crippen molar-refractivity contribution in [3.8, 4) is 23.0 Å². The van der Waals surface area contributed by atoms with Crippen molar-refractivity contribution >= 4 is 11.7 Å². The molecule has 0 unspecified atom stereocenters. The predicted octanol–water partition coefficient (Wildman–Crippen LogP) is 3.67. The Morgan fingerprint density at radius 3 is 2.43 bits per heavy atom. The summed E-state index contributed by atoms with van der Waals surface area (Å²) in [5, 5.41) is 0. The van der Waals surface area contributed by atoms with E-state index in [0.29, 0.717) is 34.4 Å². The molecule has 4 rings (SSSR count). The molecule has 28 heavy (non-hydrogen) atoms. The van der Waals surface area contributed by atoms with Gasteiger partial charge in [-0.25, -0.2) is 15.0 Å². The third-order valence-electron chi connectivity index (χ3n) is 4.84. The maximum absolute atomic E-state index is 13.2. The van der Waals surface area contributed by atoms with Gasteiger partial charge in [0.25, 0.3) is 5.91 Å². The molecule has 0 saturated heterocycles. The number of carbonyl (C=O) groups excluding carboxylic acids is 1. The van der Waals surface area contributed by atoms with Crippen LogP contribution in [0.1, 0.15) is 35.3 Å². The molecule has 2 aromatic heterocycles. The lowest BCUT2D eigenvalue weighted by Gasteiger charge is -2.23. The van der Waals surface area contributed by atoms with Crippen molar-refractivity contribution < 1.29 is 14.3 Å². The SMILES string of the molecule is CC[C@H]1c2cc(OC)c(OC)cc2C(=O)N1c1cccc(-c2ncccn2)n1. The van der Waals surface area contributed by atoms with Gasteiger partial charge in [0.2, 0.25) is 0 Å². The summed E-state index contributed by atoms with van der Waals surface area (Å²) in [5.74, 6) is 2.11. The largest absolute Gasteiger partial charge is 0.493 e. The molecule has 1 amide bonds. The average molecular weight is 376 g/mol. The fourth-order valence-corrected chi connectivity index (χ4v) is 3.55. The number of nitrogens with zero attached hydrogens (tertiary/aromatic N) is 4. The third kappa shape index (κ3) is 2.85. The Morgan fingerprint density at radius 2 is 1.75 bits per heavy atom. The standard InChI is InChI=1S/C21H20N4O3/c1-4-16-13-11-17(27-2)18(28-3)12-14(13)21(26)25(16)19-8-5-7-15(24-19)20-22-9-6-10-23-20/h5-12,16H,4H2,1-3H3/t16-/m0/s1. The van der Waals surface area contributed by atoms with E-state index in [1.807, 2.05) is 31.2 Å². The number of carbonyl (C=O) groups is 1. The lowest BCUT2D eigenvalue weighted by molar-refractivity contribution is 0.0989. The van der Waals surface area contributed by atoms with Crippen LogP contribution < -0.4 is 14.4 Å². The number of ether oxygens (including phenoxy) is 2. The van der Waals surface area contributed by atoms with E-state index in [2.05, 4.69) is 15.0 Å². The number of benzene rings is 1. The Bertz CT molecular complexity index is 1020. The fraction of sp³-hybridized carbons (Fsp3) is 0.238. The van der Waals surface area contributed by atoms with Gasteiger partial charge < -0.3 is 9.47 Å². The minimum atomic E-state index is -0.137. The first-order chi connectivity index (χ1) is 13.7. The van der Waals surface area contributed by atoms with Crippen LogP contribution in [0.15, 0.2) is 48.8 Å². The van der Waals surface area contributed by atoms with E-state index < -0.39 is 0 Å². The number of methoxy groups -OCH3 is 2. The first kappa shape index (κ1) is 17.9. The van der Waals surface area contributed by atoms with Crippen molar-refractivity contribution in [2.45, 2.75) is 19.4 Å². The van der Waals surface area contributed by atoms with Crippen LogP contribution >= 0.6 is 0 Å². The molecule has 7 heteroatoms. The molecule has 0 bridgehead atoms. The van der Waals surface area contributed by atoms with Crippen LogP contribution in [-0.4, -0.2) is 35.1 Å². The highest BCUT2D eigenvalue weighted by Crippen LogP contribution is 2.43.